The standard InChI is InChI=1S/C30H28ClF2N5O3/c1-5-25(39)35-13-14-36(18(4)16-35)28-20-15-21(31)27(26-22(32)10-8-11-23(26)33)38(41)29(20)37(30(40)34-28)24-12-7-6-9-19(24)17(2)3/h5-12,15,17-18H,1,13-14,16H2,2-4H3/t18-/m0/s1. The number of amides is 1. The first-order valence-corrected chi connectivity index (χ1v) is 13.5. The molecule has 1 amide bonds. The second-order valence-corrected chi connectivity index (χ2v) is 10.7. The van der Waals surface area contributed by atoms with Crippen molar-refractivity contribution < 1.29 is 18.3 Å². The molecule has 0 spiro atoms. The highest BCUT2D eigenvalue weighted by molar-refractivity contribution is 6.33. The monoisotopic (exact) mass is 579 g/mol. The van der Waals surface area contributed by atoms with Gasteiger partial charge in [0, 0.05) is 31.2 Å². The van der Waals surface area contributed by atoms with Gasteiger partial charge in [-0.05, 0) is 43.2 Å². The molecule has 5 rings (SSSR count). The van der Waals surface area contributed by atoms with Crippen LogP contribution in [-0.2, 0) is 4.79 Å². The quantitative estimate of drug-likeness (QED) is 0.189. The van der Waals surface area contributed by atoms with Crippen LogP contribution < -0.4 is 15.3 Å². The molecule has 4 aromatic rings. The summed E-state index contributed by atoms with van der Waals surface area (Å²) >= 11 is 6.59. The zero-order valence-electron chi connectivity index (χ0n) is 22.8. The van der Waals surface area contributed by atoms with Gasteiger partial charge in [-0.2, -0.15) is 4.98 Å². The van der Waals surface area contributed by atoms with Gasteiger partial charge in [0.15, 0.2) is 11.5 Å². The average Bonchev–Trinajstić information content (AvgIpc) is 2.94. The summed E-state index contributed by atoms with van der Waals surface area (Å²) in [7, 11) is 0. The molecule has 0 radical (unpaired) electrons. The van der Waals surface area contributed by atoms with E-state index in [-0.39, 0.29) is 39.7 Å². The van der Waals surface area contributed by atoms with E-state index in [9.17, 15) is 23.6 Å². The Morgan fingerprint density at radius 3 is 2.49 bits per heavy atom. The van der Waals surface area contributed by atoms with E-state index in [0.29, 0.717) is 30.1 Å². The molecule has 2 aromatic carbocycles. The van der Waals surface area contributed by atoms with Crippen LogP contribution in [0, 0.1) is 16.8 Å². The Labute approximate surface area is 240 Å². The first kappa shape index (κ1) is 28.2. The van der Waals surface area contributed by atoms with Crippen LogP contribution in [0.5, 0.6) is 0 Å². The fourth-order valence-corrected chi connectivity index (χ4v) is 5.68. The number of anilines is 1. The average molecular weight is 580 g/mol. The van der Waals surface area contributed by atoms with Gasteiger partial charge in [0.25, 0.3) is 0 Å². The zero-order valence-corrected chi connectivity index (χ0v) is 23.5. The molecule has 0 unspecified atom stereocenters. The maximum atomic E-state index is 14.9. The number of benzene rings is 2. The Morgan fingerprint density at radius 1 is 1.17 bits per heavy atom. The smallest absolute Gasteiger partial charge is 0.442 e. The molecule has 2 aromatic heterocycles. The number of pyridine rings is 1. The maximum Gasteiger partial charge on any atom is 0.442 e. The summed E-state index contributed by atoms with van der Waals surface area (Å²) in [5.74, 6) is -2.00. The van der Waals surface area contributed by atoms with Crippen LogP contribution in [0.1, 0.15) is 32.3 Å². The molecule has 1 atom stereocenters. The van der Waals surface area contributed by atoms with Gasteiger partial charge in [-0.3, -0.25) is 4.79 Å². The predicted molar refractivity (Wildman–Crippen MR) is 154 cm³/mol. The second kappa shape index (κ2) is 10.9. The number of aromatic nitrogens is 3. The second-order valence-electron chi connectivity index (χ2n) is 10.3. The molecule has 212 valence electrons. The summed E-state index contributed by atoms with van der Waals surface area (Å²) in [6, 6.07) is 11.5. The van der Waals surface area contributed by atoms with Gasteiger partial charge in [0.1, 0.15) is 22.7 Å². The highest BCUT2D eigenvalue weighted by Gasteiger charge is 2.33. The summed E-state index contributed by atoms with van der Waals surface area (Å²) in [6.07, 6.45) is 1.24. The lowest BCUT2D eigenvalue weighted by Gasteiger charge is -2.40. The van der Waals surface area contributed by atoms with Crippen molar-refractivity contribution in [2.45, 2.75) is 32.7 Å². The van der Waals surface area contributed by atoms with Gasteiger partial charge in [0.2, 0.25) is 5.91 Å². The van der Waals surface area contributed by atoms with Crippen LogP contribution >= 0.6 is 11.6 Å². The molecule has 11 heteroatoms. The number of nitrogens with zero attached hydrogens (tertiary/aromatic N) is 5. The van der Waals surface area contributed by atoms with Gasteiger partial charge in [-0.1, -0.05) is 56.3 Å². The fraction of sp³-hybridized carbons (Fsp3) is 0.267. The van der Waals surface area contributed by atoms with E-state index < -0.39 is 28.6 Å². The van der Waals surface area contributed by atoms with Crippen molar-refractivity contribution in [1.82, 2.24) is 14.5 Å². The van der Waals surface area contributed by atoms with E-state index in [2.05, 4.69) is 11.6 Å². The number of carbonyl (C=O) groups is 1. The number of carbonyl (C=O) groups excluding carboxylic acids is 1. The van der Waals surface area contributed by atoms with Crippen molar-refractivity contribution in [2.24, 2.45) is 0 Å². The Hall–Kier alpha value is -4.31. The van der Waals surface area contributed by atoms with Crippen molar-refractivity contribution in [1.29, 1.82) is 0 Å². The Kier molecular flexibility index (Phi) is 7.52. The third-order valence-corrected chi connectivity index (χ3v) is 7.65. The highest BCUT2D eigenvalue weighted by Crippen LogP contribution is 2.35. The lowest BCUT2D eigenvalue weighted by Crippen LogP contribution is -2.54. The van der Waals surface area contributed by atoms with Crippen LogP contribution in [0.25, 0.3) is 28.0 Å². The Balaban J connectivity index is 1.86. The molecule has 1 saturated heterocycles. The van der Waals surface area contributed by atoms with Crippen molar-refractivity contribution in [3.63, 3.8) is 0 Å². The van der Waals surface area contributed by atoms with E-state index in [1.165, 1.54) is 22.8 Å². The van der Waals surface area contributed by atoms with Gasteiger partial charge in [-0.25, -0.2) is 18.3 Å². The van der Waals surface area contributed by atoms with Crippen LogP contribution in [0.4, 0.5) is 14.6 Å². The zero-order chi connectivity index (χ0) is 29.6. The first-order chi connectivity index (χ1) is 19.5. The molecule has 3 heterocycles. The summed E-state index contributed by atoms with van der Waals surface area (Å²) < 4.78 is 31.4. The molecule has 0 bridgehead atoms. The number of hydrogen-bond donors (Lipinski definition) is 0. The largest absolute Gasteiger partial charge is 0.710 e. The predicted octanol–water partition coefficient (Wildman–Crippen LogP) is 4.96. The summed E-state index contributed by atoms with van der Waals surface area (Å²) in [4.78, 5) is 33.9. The topological polar surface area (TPSA) is 85.4 Å². The normalized spacial score (nSPS) is 15.5. The van der Waals surface area contributed by atoms with Crippen LogP contribution in [0.2, 0.25) is 5.02 Å². The third-order valence-electron chi connectivity index (χ3n) is 7.36. The summed E-state index contributed by atoms with van der Waals surface area (Å²) in [6.45, 7) is 10.3. The lowest BCUT2D eigenvalue weighted by atomic mass is 10.0. The first-order valence-electron chi connectivity index (χ1n) is 13.2. The SMILES string of the molecule is C=CC(=O)N1CCN(c2nc(=O)n(-c3ccccc3C(C)C)c3c2cc(Cl)c(-c2c(F)cccc2F)[n+]3[O-])[C@@H](C)C1. The molecule has 1 aliphatic heterocycles. The van der Waals surface area contributed by atoms with E-state index in [1.54, 1.807) is 17.0 Å². The minimum absolute atomic E-state index is 0.0285. The molecule has 1 aliphatic rings. The highest BCUT2D eigenvalue weighted by atomic mass is 35.5. The van der Waals surface area contributed by atoms with Gasteiger partial charge in [0.05, 0.1) is 10.6 Å². The van der Waals surface area contributed by atoms with Gasteiger partial charge in [-0.15, -0.1) is 4.57 Å². The molecule has 0 aliphatic carbocycles. The Bertz CT molecular complexity index is 1740. The van der Waals surface area contributed by atoms with Gasteiger partial charge >= 0.3 is 11.3 Å². The van der Waals surface area contributed by atoms with Crippen LogP contribution in [-0.4, -0.2) is 46.0 Å². The number of fused-ring (bicyclic) bond motifs is 1. The van der Waals surface area contributed by atoms with Crippen LogP contribution in [0.3, 0.4) is 0 Å². The Morgan fingerprint density at radius 2 is 1.85 bits per heavy atom. The van der Waals surface area contributed by atoms with Crippen molar-refractivity contribution in [2.75, 3.05) is 24.5 Å². The van der Waals surface area contributed by atoms with Crippen molar-refractivity contribution in [3.8, 4) is 16.9 Å². The number of halogens is 3. The summed E-state index contributed by atoms with van der Waals surface area (Å²) in [5, 5.41) is 14.2. The molecule has 0 saturated carbocycles. The van der Waals surface area contributed by atoms with E-state index >= 15 is 0 Å². The molecule has 1 fully saturated rings. The molecule has 0 N–H and O–H groups in total. The molecule has 41 heavy (non-hydrogen) atoms. The van der Waals surface area contributed by atoms with E-state index in [4.69, 9.17) is 11.6 Å². The van der Waals surface area contributed by atoms with Crippen LogP contribution in [0.15, 0.2) is 66.0 Å². The number of piperazine rings is 1. The van der Waals surface area contributed by atoms with Crippen molar-refractivity contribution in [3.05, 3.63) is 99.1 Å². The summed E-state index contributed by atoms with van der Waals surface area (Å²) in [5.41, 5.74) is -0.802. The van der Waals surface area contributed by atoms with E-state index in [0.717, 1.165) is 17.7 Å². The minimum atomic E-state index is -0.974. The minimum Gasteiger partial charge on any atom is -0.710 e. The van der Waals surface area contributed by atoms with Gasteiger partial charge < -0.3 is 15.0 Å². The van der Waals surface area contributed by atoms with E-state index in [1.807, 2.05) is 37.8 Å². The number of rotatable bonds is 5. The molecular weight excluding hydrogens is 552 g/mol. The number of hydrogen-bond acceptors (Lipinski definition) is 5. The molecular formula is C30H28ClF2N5O3. The maximum absolute atomic E-state index is 14.9. The molecule has 8 nitrogen and oxygen atoms in total. The lowest BCUT2D eigenvalue weighted by molar-refractivity contribution is -0.568. The van der Waals surface area contributed by atoms with Crippen molar-refractivity contribution >= 4 is 34.4 Å². The third kappa shape index (κ3) is 4.82. The number of para-hydroxylation sites is 1. The fourth-order valence-electron chi connectivity index (χ4n) is 5.40.